The van der Waals surface area contributed by atoms with Gasteiger partial charge in [-0.05, 0) is 6.07 Å². The van der Waals surface area contributed by atoms with E-state index in [1.54, 1.807) is 18.2 Å². The maximum atomic E-state index is 12.4. The number of benzene rings is 1. The number of aliphatic hydroxyl groups excluding tert-OH is 1. The summed E-state index contributed by atoms with van der Waals surface area (Å²) in [5.74, 6) is -2.30. The van der Waals surface area contributed by atoms with E-state index >= 15 is 0 Å². The van der Waals surface area contributed by atoms with Crippen LogP contribution in [-0.2, 0) is 0 Å². The number of carboxylic acid groups (broad SMARTS) is 1. The Kier molecular flexibility index (Phi) is 4.90. The van der Waals surface area contributed by atoms with Crippen molar-refractivity contribution in [1.82, 2.24) is 5.32 Å². The van der Waals surface area contributed by atoms with E-state index < -0.39 is 37.1 Å². The number of nitrogens with one attached hydrogen (secondary N) is 1. The molecule has 9 heteroatoms. The number of amides is 1. The minimum Gasteiger partial charge on any atom is -0.478 e. The van der Waals surface area contributed by atoms with Gasteiger partial charge in [0.15, 0.2) is 0 Å². The molecule has 2 aromatic rings. The molecule has 0 fully saturated rings. The van der Waals surface area contributed by atoms with Crippen LogP contribution in [0.15, 0.2) is 24.3 Å². The Labute approximate surface area is 132 Å². The summed E-state index contributed by atoms with van der Waals surface area (Å²) in [5, 5.41) is 20.6. The highest BCUT2D eigenvalue weighted by Gasteiger charge is 2.33. The van der Waals surface area contributed by atoms with Crippen LogP contribution in [0.4, 0.5) is 13.2 Å². The first-order valence-electron chi connectivity index (χ1n) is 6.46. The lowest BCUT2D eigenvalue weighted by Gasteiger charge is -2.17. The normalized spacial score (nSPS) is 13.0. The molecule has 0 saturated carbocycles. The molecular formula is C14H12F3NO4S. The lowest BCUT2D eigenvalue weighted by molar-refractivity contribution is -0.141. The van der Waals surface area contributed by atoms with Gasteiger partial charge in [0.05, 0.1) is 24.6 Å². The Hall–Kier alpha value is -2.13. The van der Waals surface area contributed by atoms with E-state index in [1.165, 1.54) is 6.07 Å². The van der Waals surface area contributed by atoms with E-state index in [-0.39, 0.29) is 10.4 Å². The van der Waals surface area contributed by atoms with Crippen LogP contribution in [0.3, 0.4) is 0 Å². The zero-order valence-corrected chi connectivity index (χ0v) is 12.4. The van der Waals surface area contributed by atoms with Gasteiger partial charge in [0.2, 0.25) is 0 Å². The summed E-state index contributed by atoms with van der Waals surface area (Å²) < 4.78 is 37.6. The molecule has 0 saturated heterocycles. The van der Waals surface area contributed by atoms with E-state index in [1.807, 2.05) is 5.32 Å². The summed E-state index contributed by atoms with van der Waals surface area (Å²) in [6, 6.07) is 4.86. The van der Waals surface area contributed by atoms with Crippen molar-refractivity contribution in [3.05, 3.63) is 34.7 Å². The standard InChI is InChI=1S/C14H12F3NO4S/c15-14(16,17)5-7(6-19)18-12(20)11-10(13(21)22)8-3-1-2-4-9(8)23-11/h1-4,7,19H,5-6H2,(H,18,20)(H,21,22). The van der Waals surface area contributed by atoms with E-state index in [9.17, 15) is 27.9 Å². The van der Waals surface area contributed by atoms with Crippen molar-refractivity contribution in [3.63, 3.8) is 0 Å². The molecule has 1 aromatic carbocycles. The number of hydrogen-bond donors (Lipinski definition) is 3. The van der Waals surface area contributed by atoms with Gasteiger partial charge in [-0.15, -0.1) is 11.3 Å². The molecule has 1 unspecified atom stereocenters. The second kappa shape index (κ2) is 6.55. The number of hydrogen-bond acceptors (Lipinski definition) is 4. The van der Waals surface area contributed by atoms with Crippen LogP contribution < -0.4 is 5.32 Å². The zero-order chi connectivity index (χ0) is 17.2. The smallest absolute Gasteiger partial charge is 0.391 e. The predicted molar refractivity (Wildman–Crippen MR) is 77.8 cm³/mol. The summed E-state index contributed by atoms with van der Waals surface area (Å²) in [7, 11) is 0. The van der Waals surface area contributed by atoms with Crippen LogP contribution in [0.25, 0.3) is 10.1 Å². The number of alkyl halides is 3. The number of carboxylic acids is 1. The number of aromatic carboxylic acids is 1. The summed E-state index contributed by atoms with van der Waals surface area (Å²) >= 11 is 0.875. The third-order valence-electron chi connectivity index (χ3n) is 3.05. The molecular weight excluding hydrogens is 335 g/mol. The van der Waals surface area contributed by atoms with Gasteiger partial charge in [0.1, 0.15) is 4.88 Å². The Balaban J connectivity index is 2.34. The topological polar surface area (TPSA) is 86.6 Å². The third-order valence-corrected chi connectivity index (χ3v) is 4.22. The highest BCUT2D eigenvalue weighted by atomic mass is 32.1. The molecule has 0 aliphatic carbocycles. The summed E-state index contributed by atoms with van der Waals surface area (Å²) in [5.41, 5.74) is -0.258. The maximum absolute atomic E-state index is 12.4. The molecule has 1 heterocycles. The molecule has 0 aliphatic heterocycles. The first kappa shape index (κ1) is 17.2. The Bertz CT molecular complexity index is 741. The molecule has 5 nitrogen and oxygen atoms in total. The lowest BCUT2D eigenvalue weighted by Crippen LogP contribution is -2.40. The van der Waals surface area contributed by atoms with Crippen molar-refractivity contribution in [2.24, 2.45) is 0 Å². The first-order valence-corrected chi connectivity index (χ1v) is 7.28. The highest BCUT2D eigenvalue weighted by Crippen LogP contribution is 2.31. The quantitative estimate of drug-likeness (QED) is 0.776. The van der Waals surface area contributed by atoms with Gasteiger partial charge in [-0.2, -0.15) is 13.2 Å². The van der Waals surface area contributed by atoms with Crippen LogP contribution in [0.1, 0.15) is 26.5 Å². The number of halogens is 3. The van der Waals surface area contributed by atoms with Crippen LogP contribution in [0.2, 0.25) is 0 Å². The molecule has 3 N–H and O–H groups in total. The first-order chi connectivity index (χ1) is 10.7. The minimum atomic E-state index is -4.56. The monoisotopic (exact) mass is 347 g/mol. The van der Waals surface area contributed by atoms with Crippen molar-refractivity contribution in [2.45, 2.75) is 18.6 Å². The molecule has 0 aliphatic rings. The van der Waals surface area contributed by atoms with E-state index in [0.29, 0.717) is 10.1 Å². The summed E-state index contributed by atoms with van der Waals surface area (Å²) in [6.07, 6.45) is -5.96. The molecule has 1 amide bonds. The highest BCUT2D eigenvalue weighted by molar-refractivity contribution is 7.21. The van der Waals surface area contributed by atoms with Crippen molar-refractivity contribution >= 4 is 33.3 Å². The second-order valence-corrected chi connectivity index (χ2v) is 5.83. The Morgan fingerprint density at radius 3 is 2.48 bits per heavy atom. The largest absolute Gasteiger partial charge is 0.478 e. The van der Waals surface area contributed by atoms with Gasteiger partial charge < -0.3 is 15.5 Å². The molecule has 23 heavy (non-hydrogen) atoms. The molecule has 0 bridgehead atoms. The number of carbonyl (C=O) groups excluding carboxylic acids is 1. The van der Waals surface area contributed by atoms with Gasteiger partial charge >= 0.3 is 12.1 Å². The van der Waals surface area contributed by atoms with Gasteiger partial charge in [-0.1, -0.05) is 18.2 Å². The van der Waals surface area contributed by atoms with Gasteiger partial charge in [0.25, 0.3) is 5.91 Å². The summed E-state index contributed by atoms with van der Waals surface area (Å²) in [6.45, 7) is -0.904. The molecule has 0 spiro atoms. The fourth-order valence-electron chi connectivity index (χ4n) is 2.11. The predicted octanol–water partition coefficient (Wildman–Crippen LogP) is 2.64. The minimum absolute atomic E-state index is 0.195. The van der Waals surface area contributed by atoms with E-state index in [2.05, 4.69) is 0 Å². The average molecular weight is 347 g/mol. The van der Waals surface area contributed by atoms with Crippen LogP contribution in [0.5, 0.6) is 0 Å². The van der Waals surface area contributed by atoms with Crippen molar-refractivity contribution in [3.8, 4) is 0 Å². The van der Waals surface area contributed by atoms with E-state index in [0.717, 1.165) is 11.3 Å². The Morgan fingerprint density at radius 2 is 1.91 bits per heavy atom. The lowest BCUT2D eigenvalue weighted by atomic mass is 10.1. The number of thiophene rings is 1. The van der Waals surface area contributed by atoms with Crippen LogP contribution in [0, 0.1) is 0 Å². The molecule has 1 aromatic heterocycles. The Morgan fingerprint density at radius 1 is 1.26 bits per heavy atom. The van der Waals surface area contributed by atoms with Crippen LogP contribution in [-0.4, -0.2) is 40.9 Å². The number of aliphatic hydroxyl groups is 1. The second-order valence-electron chi connectivity index (χ2n) is 4.78. The third kappa shape index (κ3) is 3.99. The number of rotatable bonds is 5. The van der Waals surface area contributed by atoms with Crippen molar-refractivity contribution in [1.29, 1.82) is 0 Å². The SMILES string of the molecule is O=C(NC(CO)CC(F)(F)F)c1sc2ccccc2c1C(=O)O. The fourth-order valence-corrected chi connectivity index (χ4v) is 3.21. The maximum Gasteiger partial charge on any atom is 0.391 e. The molecule has 1 atom stereocenters. The van der Waals surface area contributed by atoms with Gasteiger partial charge in [-0.3, -0.25) is 4.79 Å². The molecule has 124 valence electrons. The number of carbonyl (C=O) groups is 2. The molecule has 2 rings (SSSR count). The van der Waals surface area contributed by atoms with Crippen LogP contribution >= 0.6 is 11.3 Å². The summed E-state index contributed by atoms with van der Waals surface area (Å²) in [4.78, 5) is 23.3. The molecule has 0 radical (unpaired) electrons. The fraction of sp³-hybridized carbons (Fsp3) is 0.286. The average Bonchev–Trinajstić information content (AvgIpc) is 2.84. The van der Waals surface area contributed by atoms with Crippen molar-refractivity contribution < 1.29 is 33.0 Å². The number of fused-ring (bicyclic) bond motifs is 1. The van der Waals surface area contributed by atoms with Crippen molar-refractivity contribution in [2.75, 3.05) is 6.61 Å². The van der Waals surface area contributed by atoms with Gasteiger partial charge in [0, 0.05) is 10.1 Å². The van der Waals surface area contributed by atoms with E-state index in [4.69, 9.17) is 5.11 Å². The zero-order valence-electron chi connectivity index (χ0n) is 11.6. The van der Waals surface area contributed by atoms with Gasteiger partial charge in [-0.25, -0.2) is 4.79 Å².